The summed E-state index contributed by atoms with van der Waals surface area (Å²) >= 11 is 0. The number of terminal acetylenes is 1. The van der Waals surface area contributed by atoms with Crippen molar-refractivity contribution < 1.29 is 58.6 Å². The molecule has 0 bridgehead atoms. The van der Waals surface area contributed by atoms with Gasteiger partial charge in [-0.3, -0.25) is 5.92 Å². The number of rotatable bonds is 0. The molecule has 0 aliphatic carbocycles. The Hall–Kier alpha value is 1.02. The number of hydrogen-bond donors (Lipinski definition) is 0. The first-order valence-corrected chi connectivity index (χ1v) is 0.743. The van der Waals surface area contributed by atoms with Crippen molar-refractivity contribution in [3.8, 4) is 12.3 Å². The normalized spacial score (nSPS) is 2.14. The van der Waals surface area contributed by atoms with Gasteiger partial charge in [0.2, 0.25) is 0 Å². The zero-order valence-corrected chi connectivity index (χ0v) is 8.74. The Morgan fingerprint density at radius 2 is 1.71 bits per heavy atom. The van der Waals surface area contributed by atoms with Crippen LogP contribution in [0.15, 0.2) is 0 Å². The van der Waals surface area contributed by atoms with Crippen LogP contribution in [0.3, 0.4) is 0 Å². The van der Waals surface area contributed by atoms with E-state index in [1.807, 2.05) is 0 Å². The Bertz CT molecular complexity index is 57.2. The SMILES string of the molecule is C.C#C[C-]=O.[W].[Y]. The number of carbonyl (C=O) groups excluding carboxylic acids is 1. The minimum absolute atomic E-state index is 0. The van der Waals surface area contributed by atoms with Gasteiger partial charge in [-0.1, -0.05) is 7.43 Å². The molecule has 0 heterocycles. The predicted octanol–water partition coefficient (Wildman–Crippen LogP) is 0.360. The van der Waals surface area contributed by atoms with Crippen LogP contribution in [0.2, 0.25) is 0 Å². The average molecular weight is 342 g/mol. The fraction of sp³-hybridized carbons (Fsp3) is 0.250. The molecule has 1 radical (unpaired) electrons. The van der Waals surface area contributed by atoms with E-state index >= 15 is 0 Å². The van der Waals surface area contributed by atoms with Crippen molar-refractivity contribution in [1.82, 2.24) is 0 Å². The molecule has 0 N–H and O–H groups in total. The van der Waals surface area contributed by atoms with E-state index in [4.69, 9.17) is 4.79 Å². The maximum absolute atomic E-state index is 8.81. The molecule has 0 rings (SSSR count). The third-order valence-corrected chi connectivity index (χ3v) is 0.0589. The smallest absolute Gasteiger partial charge is 0.0395 e. The Morgan fingerprint density at radius 1 is 1.57 bits per heavy atom. The van der Waals surface area contributed by atoms with Crippen LogP contribution in [0.1, 0.15) is 7.43 Å². The Balaban J connectivity index is -0.0000000150. The summed E-state index contributed by atoms with van der Waals surface area (Å²) in [7, 11) is 0. The second kappa shape index (κ2) is 27.9. The van der Waals surface area contributed by atoms with Crippen molar-refractivity contribution in [1.29, 1.82) is 0 Å². The molecule has 1 nitrogen and oxygen atoms in total. The van der Waals surface area contributed by atoms with Crippen LogP contribution >= 0.6 is 0 Å². The van der Waals surface area contributed by atoms with Gasteiger partial charge in [-0.05, 0) is 0 Å². The zero-order chi connectivity index (χ0) is 3.41. The van der Waals surface area contributed by atoms with Gasteiger partial charge >= 0.3 is 0 Å². The predicted molar refractivity (Wildman–Crippen MR) is 21.3 cm³/mol. The first kappa shape index (κ1) is 24.5. The Kier molecular flexibility index (Phi) is 97.4. The van der Waals surface area contributed by atoms with Crippen LogP contribution in [-0.2, 0) is 58.6 Å². The molecule has 0 aromatic carbocycles. The maximum Gasteiger partial charge on any atom is 0.0395 e. The molecule has 0 aliphatic heterocycles. The summed E-state index contributed by atoms with van der Waals surface area (Å²) in [5.41, 5.74) is 0. The second-order valence-corrected chi connectivity index (χ2v) is 0.246. The molecule has 0 fully saturated rings. The van der Waals surface area contributed by atoms with E-state index in [9.17, 15) is 0 Å². The third kappa shape index (κ3) is 43.3. The van der Waals surface area contributed by atoms with Crippen LogP contribution in [0, 0.1) is 12.3 Å². The van der Waals surface area contributed by atoms with E-state index in [-0.39, 0.29) is 61.2 Å². The van der Waals surface area contributed by atoms with Gasteiger partial charge in [-0.15, -0.1) is 0 Å². The van der Waals surface area contributed by atoms with Gasteiger partial charge in [0.15, 0.2) is 0 Å². The fourth-order valence-electron chi connectivity index (χ4n) is 0. The molecule has 0 saturated heterocycles. The maximum atomic E-state index is 8.81. The molecule has 0 aliphatic rings. The molecule has 0 atom stereocenters. The summed E-state index contributed by atoms with van der Waals surface area (Å²) in [4.78, 5) is 8.81. The molecule has 7 heavy (non-hydrogen) atoms. The molecule has 0 saturated carbocycles. The average Bonchev–Trinajstić information content (AvgIpc) is 1.37. The van der Waals surface area contributed by atoms with Gasteiger partial charge in [0.05, 0.1) is 0 Å². The molecule has 0 aromatic heterocycles. The van der Waals surface area contributed by atoms with Crippen LogP contribution in [0.25, 0.3) is 0 Å². The van der Waals surface area contributed by atoms with E-state index in [0.29, 0.717) is 0 Å². The molecule has 0 spiro atoms. The van der Waals surface area contributed by atoms with Gasteiger partial charge < -0.3 is 11.2 Å². The Labute approximate surface area is 83.8 Å². The summed E-state index contributed by atoms with van der Waals surface area (Å²) in [6.07, 6.45) is 5.56. The molecule has 0 amide bonds. The van der Waals surface area contributed by atoms with E-state index < -0.39 is 0 Å². The fourth-order valence-corrected chi connectivity index (χ4v) is 0. The number of hydrogen-bond acceptors (Lipinski definition) is 1. The first-order valence-electron chi connectivity index (χ1n) is 0.743. The summed E-state index contributed by atoms with van der Waals surface area (Å²) in [5.74, 6) is 1.62. The van der Waals surface area contributed by atoms with Gasteiger partial charge in [0.25, 0.3) is 0 Å². The largest absolute Gasteiger partial charge is 0.409 e. The van der Waals surface area contributed by atoms with E-state index in [1.165, 1.54) is 6.29 Å². The quantitative estimate of drug-likeness (QED) is 0.459. The zero-order valence-electron chi connectivity index (χ0n) is 2.97. The summed E-state index contributed by atoms with van der Waals surface area (Å²) in [5, 5.41) is 0. The van der Waals surface area contributed by atoms with Crippen LogP contribution in [0.5, 0.6) is 0 Å². The van der Waals surface area contributed by atoms with Gasteiger partial charge in [0.1, 0.15) is 0 Å². The van der Waals surface area contributed by atoms with Gasteiger partial charge in [-0.2, -0.15) is 0 Å². The summed E-state index contributed by atoms with van der Waals surface area (Å²) in [6.45, 7) is 0. The van der Waals surface area contributed by atoms with E-state index in [2.05, 4.69) is 6.42 Å². The third-order valence-electron chi connectivity index (χ3n) is 0.0589. The minimum Gasteiger partial charge on any atom is -0.409 e. The minimum atomic E-state index is 0. The topological polar surface area (TPSA) is 17.1 Å². The molecule has 37 valence electrons. The standard InChI is InChI=1S/C3HO.CH4.W.Y/c1-2-3-4;;;/h1H;1H4;;/q-1;;;. The van der Waals surface area contributed by atoms with Gasteiger partial charge in [-0.25, -0.2) is 0 Å². The van der Waals surface area contributed by atoms with Crippen LogP contribution in [-0.4, -0.2) is 6.29 Å². The molecule has 0 unspecified atom stereocenters. The molecular weight excluding hydrogens is 337 g/mol. The van der Waals surface area contributed by atoms with Crippen molar-refractivity contribution in [2.45, 2.75) is 7.43 Å². The molecular formula is C4H5OWY-. The van der Waals surface area contributed by atoms with Gasteiger partial charge in [0, 0.05) is 60.1 Å². The van der Waals surface area contributed by atoms with E-state index in [0.717, 1.165) is 0 Å². The van der Waals surface area contributed by atoms with Crippen LogP contribution in [0.4, 0.5) is 0 Å². The van der Waals surface area contributed by atoms with Crippen LogP contribution < -0.4 is 0 Å². The second-order valence-electron chi connectivity index (χ2n) is 0.246. The van der Waals surface area contributed by atoms with Crippen molar-refractivity contribution in [2.75, 3.05) is 0 Å². The van der Waals surface area contributed by atoms with E-state index in [1.54, 1.807) is 5.92 Å². The molecule has 0 aromatic rings. The van der Waals surface area contributed by atoms with Crippen molar-refractivity contribution in [3.63, 3.8) is 0 Å². The first-order chi connectivity index (χ1) is 1.91. The van der Waals surface area contributed by atoms with Crippen molar-refractivity contribution in [3.05, 3.63) is 0 Å². The summed E-state index contributed by atoms with van der Waals surface area (Å²) < 4.78 is 0. The monoisotopic (exact) mass is 342 g/mol. The molecule has 3 heteroatoms. The van der Waals surface area contributed by atoms with Crippen molar-refractivity contribution >= 4 is 6.29 Å². The summed E-state index contributed by atoms with van der Waals surface area (Å²) in [6, 6.07) is 0. The Morgan fingerprint density at radius 3 is 1.71 bits per heavy atom. The van der Waals surface area contributed by atoms with Crippen molar-refractivity contribution in [2.24, 2.45) is 0 Å².